The molecule has 12 heteroatoms. The molecule has 3 saturated carbocycles. The van der Waals surface area contributed by atoms with E-state index >= 15 is 0 Å². The van der Waals surface area contributed by atoms with Crippen molar-refractivity contribution < 1.29 is 58.5 Å². The number of rotatable bonds is 8. The summed E-state index contributed by atoms with van der Waals surface area (Å²) in [6, 6.07) is 16.3. The number of aliphatic hydroxyl groups excluding tert-OH is 4. The van der Waals surface area contributed by atoms with Crippen LogP contribution in [0.4, 0.5) is 0 Å². The van der Waals surface area contributed by atoms with Crippen LogP contribution in [0.25, 0.3) is 0 Å². The van der Waals surface area contributed by atoms with Gasteiger partial charge in [-0.2, -0.15) is 0 Å². The Labute approximate surface area is 240 Å². The molecule has 224 valence electrons. The molecular formula is C30H32O12. The van der Waals surface area contributed by atoms with Crippen molar-refractivity contribution in [3.05, 3.63) is 71.8 Å². The summed E-state index contributed by atoms with van der Waals surface area (Å²) in [7, 11) is 0. The zero-order valence-corrected chi connectivity index (χ0v) is 22.7. The lowest BCUT2D eigenvalue weighted by Gasteiger charge is -2.66. The molecule has 4 N–H and O–H groups in total. The molecular weight excluding hydrogens is 552 g/mol. The first-order chi connectivity index (χ1) is 20.0. The second-order valence-corrected chi connectivity index (χ2v) is 11.5. The van der Waals surface area contributed by atoms with Gasteiger partial charge in [-0.15, -0.1) is 0 Å². The number of ketones is 1. The largest absolute Gasteiger partial charge is 0.461 e. The van der Waals surface area contributed by atoms with Crippen molar-refractivity contribution in [1.82, 2.24) is 0 Å². The Bertz CT molecular complexity index is 1350. The Kier molecular flexibility index (Phi) is 7.21. The highest BCUT2D eigenvalue weighted by molar-refractivity contribution is 5.90. The first-order valence-electron chi connectivity index (χ1n) is 13.7. The van der Waals surface area contributed by atoms with Gasteiger partial charge in [0.1, 0.15) is 54.6 Å². The van der Waals surface area contributed by atoms with E-state index in [9.17, 15) is 34.8 Å². The molecule has 5 fully saturated rings. The number of hydrogen-bond acceptors (Lipinski definition) is 12. The number of benzene rings is 2. The van der Waals surface area contributed by atoms with E-state index in [1.165, 1.54) is 0 Å². The topological polar surface area (TPSA) is 178 Å². The standard InChI is InChI=1S/C30H32O12/c1-28-13-19(31)18-12-30(28,29(18,27(37)42-28)15-39-25(36)17-10-6-3-7-11-17)41-26-23(34)22(33)21(32)20(40-26)14-38-24(35)16-8-4-2-5-9-16/h2-11,18,20-23,26-27,32-34,37H,12-15H2,1H3/t18-,20+,21+,22-,23+,26-,27-,28-,29-,30-/m0/s1. The molecule has 12 nitrogen and oxygen atoms in total. The second-order valence-electron chi connectivity index (χ2n) is 11.5. The zero-order chi connectivity index (χ0) is 29.9. The molecule has 2 aromatic rings. The van der Waals surface area contributed by atoms with Crippen LogP contribution in [0.3, 0.4) is 0 Å². The van der Waals surface area contributed by atoms with Crippen LogP contribution in [0, 0.1) is 11.3 Å². The Balaban J connectivity index is 1.24. The number of fused-ring (bicyclic) bond motifs is 1. The van der Waals surface area contributed by atoms with Crippen molar-refractivity contribution in [3.63, 3.8) is 0 Å². The third kappa shape index (κ3) is 4.21. The van der Waals surface area contributed by atoms with Crippen molar-refractivity contribution in [2.45, 2.75) is 68.0 Å². The number of esters is 2. The predicted molar refractivity (Wildman–Crippen MR) is 140 cm³/mol. The summed E-state index contributed by atoms with van der Waals surface area (Å²) in [5.74, 6) is -2.32. The molecule has 2 heterocycles. The van der Waals surface area contributed by atoms with Gasteiger partial charge < -0.3 is 44.1 Å². The molecule has 0 amide bonds. The fourth-order valence-electron chi connectivity index (χ4n) is 6.96. The van der Waals surface area contributed by atoms with Crippen molar-refractivity contribution >= 4 is 17.7 Å². The van der Waals surface area contributed by atoms with Gasteiger partial charge in [-0.05, 0) is 37.6 Å². The normalized spacial score (nSPS) is 40.2. The maximum Gasteiger partial charge on any atom is 0.338 e. The van der Waals surface area contributed by atoms with Crippen LogP contribution in [0.15, 0.2) is 60.7 Å². The minimum Gasteiger partial charge on any atom is -0.461 e. The van der Waals surface area contributed by atoms with Crippen LogP contribution in [-0.4, -0.2) is 99.6 Å². The highest BCUT2D eigenvalue weighted by Gasteiger charge is 2.87. The molecule has 0 radical (unpaired) electrons. The Morgan fingerprint density at radius 1 is 0.881 bits per heavy atom. The van der Waals surface area contributed by atoms with Crippen LogP contribution in [-0.2, 0) is 28.5 Å². The Morgan fingerprint density at radius 3 is 2.10 bits per heavy atom. The second kappa shape index (κ2) is 10.5. The highest BCUT2D eigenvalue weighted by Crippen LogP contribution is 2.73. The molecule has 0 spiro atoms. The summed E-state index contributed by atoms with van der Waals surface area (Å²) < 4.78 is 29.0. The third-order valence-corrected chi connectivity index (χ3v) is 9.26. The van der Waals surface area contributed by atoms with E-state index in [2.05, 4.69) is 0 Å². The number of ether oxygens (including phenoxy) is 5. The quantitative estimate of drug-likeness (QED) is 0.314. The van der Waals surface area contributed by atoms with Crippen LogP contribution in [0.2, 0.25) is 0 Å². The number of aliphatic hydroxyl groups is 4. The highest BCUT2D eigenvalue weighted by atomic mass is 16.7. The number of carbonyl (C=O) groups excluding carboxylic acids is 3. The smallest absolute Gasteiger partial charge is 0.338 e. The minimum absolute atomic E-state index is 0.0706. The molecule has 0 aromatic heterocycles. The molecule has 2 saturated heterocycles. The van der Waals surface area contributed by atoms with Crippen LogP contribution < -0.4 is 0 Å². The van der Waals surface area contributed by atoms with Gasteiger partial charge in [-0.25, -0.2) is 9.59 Å². The van der Waals surface area contributed by atoms with E-state index in [0.29, 0.717) is 0 Å². The van der Waals surface area contributed by atoms with Crippen LogP contribution >= 0.6 is 0 Å². The third-order valence-electron chi connectivity index (χ3n) is 9.26. The lowest BCUT2D eigenvalue weighted by Crippen LogP contribution is -2.80. The average molecular weight is 585 g/mol. The Morgan fingerprint density at radius 2 is 1.48 bits per heavy atom. The number of hydrogen-bond donors (Lipinski definition) is 4. The van der Waals surface area contributed by atoms with Crippen molar-refractivity contribution in [2.75, 3.05) is 13.2 Å². The lowest BCUT2D eigenvalue weighted by atomic mass is 9.41. The van der Waals surface area contributed by atoms with Gasteiger partial charge in [-0.3, -0.25) is 4.79 Å². The van der Waals surface area contributed by atoms with Gasteiger partial charge in [0.15, 0.2) is 12.6 Å². The summed E-state index contributed by atoms with van der Waals surface area (Å²) in [5.41, 5.74) is -3.86. The van der Waals surface area contributed by atoms with Gasteiger partial charge in [0.25, 0.3) is 0 Å². The molecule has 2 aromatic carbocycles. The summed E-state index contributed by atoms with van der Waals surface area (Å²) in [6.07, 6.45) is -9.61. The fraction of sp³-hybridized carbons (Fsp3) is 0.500. The SMILES string of the molecule is C[C@]12CC(=O)[C@@H]3C[C@@]1(O[C@@H]1O[C@H](COC(=O)c4ccccc4)[C@@H](O)[C@H](O)[C@H]1O)[C@]3(COC(=O)c1ccccc1)[C@@H](O)O2. The molecule has 5 aliphatic rings. The van der Waals surface area contributed by atoms with Crippen molar-refractivity contribution in [2.24, 2.45) is 11.3 Å². The number of Topliss-reactive ketones (excluding diaryl/α,β-unsaturated/α-hetero) is 1. The molecule has 42 heavy (non-hydrogen) atoms. The van der Waals surface area contributed by atoms with E-state index in [0.717, 1.165) is 0 Å². The maximum absolute atomic E-state index is 13.1. The van der Waals surface area contributed by atoms with E-state index < -0.39 is 84.7 Å². The van der Waals surface area contributed by atoms with Gasteiger partial charge in [-0.1, -0.05) is 36.4 Å². The summed E-state index contributed by atoms with van der Waals surface area (Å²) in [5, 5.41) is 43.3. The van der Waals surface area contributed by atoms with Gasteiger partial charge in [0.05, 0.1) is 16.5 Å². The Hall–Kier alpha value is -3.23. The van der Waals surface area contributed by atoms with Crippen LogP contribution in [0.1, 0.15) is 40.5 Å². The van der Waals surface area contributed by atoms with Crippen molar-refractivity contribution in [1.29, 1.82) is 0 Å². The van der Waals surface area contributed by atoms with E-state index in [4.69, 9.17) is 23.7 Å². The molecule has 4 bridgehead atoms. The molecule has 2 aliphatic heterocycles. The first kappa shape index (κ1) is 28.9. The molecule has 3 aliphatic carbocycles. The fourth-order valence-corrected chi connectivity index (χ4v) is 6.96. The van der Waals surface area contributed by atoms with Gasteiger partial charge in [0, 0.05) is 12.3 Å². The summed E-state index contributed by atoms with van der Waals surface area (Å²) in [4.78, 5) is 38.3. The van der Waals surface area contributed by atoms with Crippen LogP contribution in [0.5, 0.6) is 0 Å². The maximum atomic E-state index is 13.1. The molecule has 10 atom stereocenters. The summed E-state index contributed by atoms with van der Waals surface area (Å²) in [6.45, 7) is 0.687. The predicted octanol–water partition coefficient (Wildman–Crippen LogP) is 0.350. The molecule has 7 rings (SSSR count). The monoisotopic (exact) mass is 584 g/mol. The minimum atomic E-state index is -1.75. The van der Waals surface area contributed by atoms with E-state index in [-0.39, 0.29) is 29.8 Å². The van der Waals surface area contributed by atoms with Gasteiger partial charge in [0.2, 0.25) is 0 Å². The van der Waals surface area contributed by atoms with E-state index in [1.807, 2.05) is 0 Å². The zero-order valence-electron chi connectivity index (χ0n) is 22.7. The number of carbonyl (C=O) groups is 3. The first-order valence-corrected chi connectivity index (χ1v) is 13.7. The van der Waals surface area contributed by atoms with E-state index in [1.54, 1.807) is 67.6 Å². The lowest BCUT2D eigenvalue weighted by molar-refractivity contribution is -0.381. The average Bonchev–Trinajstić information content (AvgIpc) is 3.05. The summed E-state index contributed by atoms with van der Waals surface area (Å²) >= 11 is 0. The van der Waals surface area contributed by atoms with Crippen molar-refractivity contribution in [3.8, 4) is 0 Å². The van der Waals surface area contributed by atoms with Gasteiger partial charge >= 0.3 is 11.9 Å². The molecule has 0 unspecified atom stereocenters.